The molecule has 0 atom stereocenters. The average Bonchev–Trinajstić information content (AvgIpc) is 2.15. The normalized spacial score (nSPS) is 10.0. The van der Waals surface area contributed by atoms with Crippen molar-refractivity contribution >= 4 is 27.4 Å². The summed E-state index contributed by atoms with van der Waals surface area (Å²) in [7, 11) is 0. The van der Waals surface area contributed by atoms with E-state index >= 15 is 0 Å². The number of non-ortho nitro benzene ring substituents is 1. The summed E-state index contributed by atoms with van der Waals surface area (Å²) in [6.45, 7) is 1.53. The van der Waals surface area contributed by atoms with E-state index in [1.807, 2.05) is 0 Å². The minimum Gasteiger partial charge on any atom is -0.300 e. The first kappa shape index (κ1) is 11.8. The number of carbonyl (C=O) groups is 1. The molecule has 0 aliphatic rings. The number of aryl methyl sites for hydroxylation is 1. The molecule has 15 heavy (non-hydrogen) atoms. The van der Waals surface area contributed by atoms with Gasteiger partial charge in [0.05, 0.1) is 4.92 Å². The van der Waals surface area contributed by atoms with E-state index in [4.69, 9.17) is 0 Å². The molecule has 0 aromatic heterocycles. The third kappa shape index (κ3) is 3.43. The largest absolute Gasteiger partial charge is 0.300 e. The number of nitro groups is 1. The van der Waals surface area contributed by atoms with Crippen LogP contribution in [0, 0.1) is 10.1 Å². The van der Waals surface area contributed by atoms with Gasteiger partial charge in [0.2, 0.25) is 0 Å². The molecule has 0 unspecified atom stereocenters. The molecule has 0 bridgehead atoms. The van der Waals surface area contributed by atoms with Crippen LogP contribution in [0.3, 0.4) is 0 Å². The Morgan fingerprint density at radius 2 is 2.20 bits per heavy atom. The monoisotopic (exact) mass is 271 g/mol. The van der Waals surface area contributed by atoms with Crippen LogP contribution in [0.15, 0.2) is 22.7 Å². The van der Waals surface area contributed by atoms with E-state index in [0.717, 1.165) is 5.56 Å². The molecule has 0 radical (unpaired) electrons. The molecule has 0 aliphatic carbocycles. The highest BCUT2D eigenvalue weighted by Gasteiger charge is 2.09. The molecule has 0 heterocycles. The first-order valence-corrected chi connectivity index (χ1v) is 5.22. The van der Waals surface area contributed by atoms with Crippen LogP contribution in [0.5, 0.6) is 0 Å². The van der Waals surface area contributed by atoms with Gasteiger partial charge in [-0.3, -0.25) is 10.1 Å². The lowest BCUT2D eigenvalue weighted by molar-refractivity contribution is -0.384. The van der Waals surface area contributed by atoms with Crippen molar-refractivity contribution in [3.8, 4) is 0 Å². The fraction of sp³-hybridized carbons (Fsp3) is 0.300. The van der Waals surface area contributed by atoms with Gasteiger partial charge in [0.1, 0.15) is 5.78 Å². The lowest BCUT2D eigenvalue weighted by atomic mass is 10.1. The van der Waals surface area contributed by atoms with Crippen molar-refractivity contribution < 1.29 is 9.72 Å². The zero-order valence-corrected chi connectivity index (χ0v) is 9.78. The number of hydrogen-bond donors (Lipinski definition) is 0. The van der Waals surface area contributed by atoms with Gasteiger partial charge in [0, 0.05) is 23.0 Å². The summed E-state index contributed by atoms with van der Waals surface area (Å²) in [5.41, 5.74) is 0.962. The highest BCUT2D eigenvalue weighted by Crippen LogP contribution is 2.23. The number of halogens is 1. The van der Waals surface area contributed by atoms with Gasteiger partial charge < -0.3 is 4.79 Å². The molecule has 1 aromatic carbocycles. The van der Waals surface area contributed by atoms with Crippen LogP contribution in [0.2, 0.25) is 0 Å². The number of nitro benzene ring substituents is 1. The lowest BCUT2D eigenvalue weighted by Crippen LogP contribution is -1.96. The van der Waals surface area contributed by atoms with Gasteiger partial charge in [0.15, 0.2) is 0 Å². The number of ketones is 1. The maximum absolute atomic E-state index is 10.8. The summed E-state index contributed by atoms with van der Waals surface area (Å²) >= 11 is 3.25. The fourth-order valence-corrected chi connectivity index (χ4v) is 1.73. The Labute approximate surface area is 95.6 Å². The van der Waals surface area contributed by atoms with Crippen LogP contribution in [0.1, 0.15) is 18.9 Å². The smallest absolute Gasteiger partial charge is 0.270 e. The van der Waals surface area contributed by atoms with Gasteiger partial charge in [-0.15, -0.1) is 0 Å². The summed E-state index contributed by atoms with van der Waals surface area (Å²) in [4.78, 5) is 20.8. The van der Waals surface area contributed by atoms with E-state index in [0.29, 0.717) is 17.3 Å². The van der Waals surface area contributed by atoms with Crippen molar-refractivity contribution in [2.75, 3.05) is 0 Å². The zero-order chi connectivity index (χ0) is 11.4. The summed E-state index contributed by atoms with van der Waals surface area (Å²) in [5, 5.41) is 10.5. The standard InChI is InChI=1S/C10H10BrNO3/c1-7(13)2-3-8-4-5-9(12(14)15)6-10(8)11/h4-6H,2-3H2,1H3. The number of Topliss-reactive ketones (excluding diaryl/α,β-unsaturated/α-hetero) is 1. The van der Waals surface area contributed by atoms with E-state index in [1.165, 1.54) is 19.1 Å². The average molecular weight is 272 g/mol. The molecule has 0 aliphatic heterocycles. The maximum atomic E-state index is 10.8. The Hall–Kier alpha value is -1.23. The van der Waals surface area contributed by atoms with Crippen LogP contribution in [0.4, 0.5) is 5.69 Å². The minimum absolute atomic E-state index is 0.0495. The van der Waals surface area contributed by atoms with Gasteiger partial charge in [-0.2, -0.15) is 0 Å². The third-order valence-corrected chi connectivity index (χ3v) is 2.73. The van der Waals surface area contributed by atoms with E-state index in [2.05, 4.69) is 15.9 Å². The molecule has 5 heteroatoms. The van der Waals surface area contributed by atoms with E-state index in [-0.39, 0.29) is 11.5 Å². The molecule has 0 saturated heterocycles. The Morgan fingerprint density at radius 1 is 1.53 bits per heavy atom. The maximum Gasteiger partial charge on any atom is 0.270 e. The molecular formula is C10H10BrNO3. The third-order valence-electron chi connectivity index (χ3n) is 1.99. The molecule has 0 amide bonds. The number of rotatable bonds is 4. The van der Waals surface area contributed by atoms with Gasteiger partial charge in [0.25, 0.3) is 5.69 Å². The Bertz CT molecular complexity index is 404. The van der Waals surface area contributed by atoms with Crippen LogP contribution in [-0.4, -0.2) is 10.7 Å². The van der Waals surface area contributed by atoms with Crippen molar-refractivity contribution in [3.63, 3.8) is 0 Å². The van der Waals surface area contributed by atoms with Gasteiger partial charge in [-0.1, -0.05) is 22.0 Å². The molecule has 0 saturated carbocycles. The van der Waals surface area contributed by atoms with E-state index < -0.39 is 4.92 Å². The van der Waals surface area contributed by atoms with Crippen molar-refractivity contribution in [2.45, 2.75) is 19.8 Å². The highest BCUT2D eigenvalue weighted by molar-refractivity contribution is 9.10. The van der Waals surface area contributed by atoms with Crippen molar-refractivity contribution in [2.24, 2.45) is 0 Å². The zero-order valence-electron chi connectivity index (χ0n) is 8.20. The fourth-order valence-electron chi connectivity index (χ4n) is 1.16. The molecule has 1 aromatic rings. The predicted molar refractivity (Wildman–Crippen MR) is 59.8 cm³/mol. The van der Waals surface area contributed by atoms with Crippen LogP contribution in [0.25, 0.3) is 0 Å². The second-order valence-corrected chi connectivity index (χ2v) is 4.09. The number of carbonyl (C=O) groups excluding carboxylic acids is 1. The second kappa shape index (κ2) is 5.02. The number of hydrogen-bond acceptors (Lipinski definition) is 3. The van der Waals surface area contributed by atoms with Crippen molar-refractivity contribution in [1.82, 2.24) is 0 Å². The summed E-state index contributed by atoms with van der Waals surface area (Å²) < 4.78 is 0.679. The van der Waals surface area contributed by atoms with Crippen LogP contribution < -0.4 is 0 Å². The molecule has 4 nitrogen and oxygen atoms in total. The van der Waals surface area contributed by atoms with Gasteiger partial charge >= 0.3 is 0 Å². The van der Waals surface area contributed by atoms with Crippen LogP contribution in [-0.2, 0) is 11.2 Å². The highest BCUT2D eigenvalue weighted by atomic mass is 79.9. The molecule has 0 N–H and O–H groups in total. The molecule has 1 rings (SSSR count). The predicted octanol–water partition coefficient (Wildman–Crippen LogP) is 2.88. The summed E-state index contributed by atoms with van der Waals surface area (Å²) in [5.74, 6) is 0.111. The molecule has 0 fully saturated rings. The molecular weight excluding hydrogens is 262 g/mol. The SMILES string of the molecule is CC(=O)CCc1ccc([N+](=O)[O-])cc1Br. The molecule has 80 valence electrons. The lowest BCUT2D eigenvalue weighted by Gasteiger charge is -2.02. The van der Waals surface area contributed by atoms with Crippen LogP contribution >= 0.6 is 15.9 Å². The van der Waals surface area contributed by atoms with E-state index in [1.54, 1.807) is 6.07 Å². The second-order valence-electron chi connectivity index (χ2n) is 3.23. The Morgan fingerprint density at radius 3 is 2.67 bits per heavy atom. The quantitative estimate of drug-likeness (QED) is 0.625. The number of benzene rings is 1. The first-order valence-electron chi connectivity index (χ1n) is 4.43. The van der Waals surface area contributed by atoms with Crippen molar-refractivity contribution in [3.05, 3.63) is 38.3 Å². The summed E-state index contributed by atoms with van der Waals surface area (Å²) in [6.07, 6.45) is 1.06. The minimum atomic E-state index is -0.445. The topological polar surface area (TPSA) is 60.2 Å². The van der Waals surface area contributed by atoms with E-state index in [9.17, 15) is 14.9 Å². The first-order chi connectivity index (χ1) is 7.00. The van der Waals surface area contributed by atoms with Crippen molar-refractivity contribution in [1.29, 1.82) is 0 Å². The Kier molecular flexibility index (Phi) is 3.96. The molecule has 0 spiro atoms. The number of nitrogens with zero attached hydrogens (tertiary/aromatic N) is 1. The summed E-state index contributed by atoms with van der Waals surface area (Å²) in [6, 6.07) is 4.57. The van der Waals surface area contributed by atoms with Gasteiger partial charge in [-0.05, 0) is 18.9 Å². The van der Waals surface area contributed by atoms with Gasteiger partial charge in [-0.25, -0.2) is 0 Å². The Balaban J connectivity index is 2.83.